The summed E-state index contributed by atoms with van der Waals surface area (Å²) in [5, 5.41) is 0. The Labute approximate surface area is 179 Å². The van der Waals surface area contributed by atoms with Gasteiger partial charge in [0.15, 0.2) is 12.2 Å². The van der Waals surface area contributed by atoms with Crippen molar-refractivity contribution < 1.29 is 47.6 Å². The summed E-state index contributed by atoms with van der Waals surface area (Å²) in [5.41, 5.74) is 0.803. The molecule has 10 heteroatoms. The molecule has 0 N–H and O–H groups in total. The highest BCUT2D eigenvalue weighted by Crippen LogP contribution is 2.30. The number of carbonyl (C=O) groups excluding carboxylic acids is 4. The molecule has 2 rings (SSSR count). The minimum absolute atomic E-state index is 0.0775. The summed E-state index contributed by atoms with van der Waals surface area (Å²) in [5.74, 6) is -2.61. The van der Waals surface area contributed by atoms with E-state index in [1.165, 1.54) is 20.8 Å². The smallest absolute Gasteiger partial charge is 0.305 e. The van der Waals surface area contributed by atoms with Gasteiger partial charge in [0.05, 0.1) is 6.61 Å². The Kier molecular flexibility index (Phi) is 8.95. The minimum Gasteiger partial charge on any atom is -0.463 e. The fourth-order valence-corrected chi connectivity index (χ4v) is 3.08. The molecule has 0 spiro atoms. The molecule has 10 nitrogen and oxygen atoms in total. The van der Waals surface area contributed by atoms with Crippen molar-refractivity contribution in [2.75, 3.05) is 6.61 Å². The van der Waals surface area contributed by atoms with Crippen LogP contribution in [-0.2, 0) is 54.2 Å². The lowest BCUT2D eigenvalue weighted by Gasteiger charge is -2.44. The van der Waals surface area contributed by atoms with Crippen LogP contribution in [0, 0.1) is 0 Å². The van der Waals surface area contributed by atoms with Gasteiger partial charge >= 0.3 is 23.9 Å². The topological polar surface area (TPSA) is 124 Å². The van der Waals surface area contributed by atoms with Gasteiger partial charge in [-0.05, 0) is 5.56 Å². The standard InChI is InChI=1S/C21H26O10/c1-12(22)26-11-17-18(28-13(2)23)19(27-10-16-8-6-5-7-9-16)20(29-14(3)24)21(31-17)30-15(4)25/h5-9,17-21H,10-11H2,1-4H3/t17?,18-,19?,20+,21-/m1/s1. The zero-order valence-corrected chi connectivity index (χ0v) is 17.8. The van der Waals surface area contributed by atoms with Gasteiger partial charge in [-0.15, -0.1) is 0 Å². The van der Waals surface area contributed by atoms with Gasteiger partial charge in [0.1, 0.15) is 18.8 Å². The Bertz CT molecular complexity index is 778. The molecule has 170 valence electrons. The van der Waals surface area contributed by atoms with Gasteiger partial charge in [0.25, 0.3) is 0 Å². The second kappa shape index (κ2) is 11.4. The maximum Gasteiger partial charge on any atom is 0.305 e. The number of hydrogen-bond donors (Lipinski definition) is 0. The Morgan fingerprint density at radius 1 is 0.774 bits per heavy atom. The third kappa shape index (κ3) is 7.65. The lowest BCUT2D eigenvalue weighted by molar-refractivity contribution is -0.305. The maximum absolute atomic E-state index is 11.8. The van der Waals surface area contributed by atoms with Crippen LogP contribution in [0.15, 0.2) is 30.3 Å². The van der Waals surface area contributed by atoms with Crippen molar-refractivity contribution in [2.45, 2.75) is 65.0 Å². The van der Waals surface area contributed by atoms with Crippen molar-refractivity contribution >= 4 is 23.9 Å². The number of ether oxygens (including phenoxy) is 6. The number of benzene rings is 1. The highest BCUT2D eigenvalue weighted by Gasteiger charge is 2.52. The predicted octanol–water partition coefficient (Wildman–Crippen LogP) is 1.29. The van der Waals surface area contributed by atoms with Crippen LogP contribution in [0.1, 0.15) is 33.3 Å². The lowest BCUT2D eigenvalue weighted by atomic mass is 9.98. The van der Waals surface area contributed by atoms with Gasteiger partial charge in [-0.3, -0.25) is 19.2 Å². The summed E-state index contributed by atoms with van der Waals surface area (Å²) in [6.45, 7) is 4.50. The van der Waals surface area contributed by atoms with E-state index in [2.05, 4.69) is 0 Å². The number of rotatable bonds is 8. The molecule has 1 fully saturated rings. The van der Waals surface area contributed by atoms with Crippen molar-refractivity contribution in [1.29, 1.82) is 0 Å². The monoisotopic (exact) mass is 438 g/mol. The second-order valence-electron chi connectivity index (χ2n) is 6.86. The van der Waals surface area contributed by atoms with Gasteiger partial charge in [0.2, 0.25) is 6.29 Å². The van der Waals surface area contributed by atoms with E-state index in [-0.39, 0.29) is 13.2 Å². The molecule has 1 aliphatic rings. The molecule has 1 aromatic rings. The van der Waals surface area contributed by atoms with Crippen molar-refractivity contribution in [3.05, 3.63) is 35.9 Å². The van der Waals surface area contributed by atoms with Gasteiger partial charge in [0, 0.05) is 27.7 Å². The minimum atomic E-state index is -1.37. The van der Waals surface area contributed by atoms with Crippen LogP contribution in [0.4, 0.5) is 0 Å². The molecular formula is C21H26O10. The molecule has 0 saturated carbocycles. The van der Waals surface area contributed by atoms with E-state index in [0.717, 1.165) is 12.5 Å². The van der Waals surface area contributed by atoms with E-state index in [1.807, 2.05) is 30.3 Å². The molecule has 0 amide bonds. The van der Waals surface area contributed by atoms with Crippen molar-refractivity contribution in [3.63, 3.8) is 0 Å². The van der Waals surface area contributed by atoms with Crippen LogP contribution in [-0.4, -0.2) is 61.2 Å². The molecule has 5 atom stereocenters. The third-order valence-corrected chi connectivity index (χ3v) is 4.21. The van der Waals surface area contributed by atoms with E-state index < -0.39 is 54.6 Å². The summed E-state index contributed by atoms with van der Waals surface area (Å²) in [4.78, 5) is 46.4. The maximum atomic E-state index is 11.8. The van der Waals surface area contributed by atoms with E-state index in [1.54, 1.807) is 0 Å². The average Bonchev–Trinajstić information content (AvgIpc) is 2.67. The van der Waals surface area contributed by atoms with Gasteiger partial charge in [-0.2, -0.15) is 0 Å². The van der Waals surface area contributed by atoms with E-state index in [0.29, 0.717) is 0 Å². The molecule has 1 heterocycles. The fraction of sp³-hybridized carbons (Fsp3) is 0.524. The summed E-state index contributed by atoms with van der Waals surface area (Å²) >= 11 is 0. The van der Waals surface area contributed by atoms with Gasteiger partial charge in [-0.1, -0.05) is 30.3 Å². The number of carbonyl (C=O) groups is 4. The highest BCUT2D eigenvalue weighted by atomic mass is 16.7. The molecule has 2 unspecified atom stereocenters. The van der Waals surface area contributed by atoms with Gasteiger partial charge < -0.3 is 28.4 Å². The van der Waals surface area contributed by atoms with Crippen molar-refractivity contribution in [1.82, 2.24) is 0 Å². The zero-order chi connectivity index (χ0) is 23.0. The molecule has 1 aromatic carbocycles. The molecular weight excluding hydrogens is 412 g/mol. The summed E-state index contributed by atoms with van der Waals surface area (Å²) in [6, 6.07) is 9.12. The molecule has 0 aliphatic carbocycles. The van der Waals surface area contributed by atoms with Crippen molar-refractivity contribution in [2.24, 2.45) is 0 Å². The first-order valence-electron chi connectivity index (χ1n) is 9.63. The summed E-state index contributed by atoms with van der Waals surface area (Å²) in [6.07, 6.45) is -5.83. The SMILES string of the molecule is CC(=O)OCC1O[C@@H](OC(C)=O)[C@@H](OC(C)=O)C(OCc2ccccc2)[C@@H]1OC(C)=O. The second-order valence-corrected chi connectivity index (χ2v) is 6.86. The molecule has 0 bridgehead atoms. The molecule has 1 aliphatic heterocycles. The Morgan fingerprint density at radius 2 is 1.35 bits per heavy atom. The van der Waals surface area contributed by atoms with E-state index in [4.69, 9.17) is 28.4 Å². The molecule has 31 heavy (non-hydrogen) atoms. The number of hydrogen-bond acceptors (Lipinski definition) is 10. The Morgan fingerprint density at radius 3 is 1.90 bits per heavy atom. The van der Waals surface area contributed by atoms with Gasteiger partial charge in [-0.25, -0.2) is 0 Å². The quantitative estimate of drug-likeness (QED) is 0.433. The predicted molar refractivity (Wildman–Crippen MR) is 103 cm³/mol. The first kappa shape index (κ1) is 24.3. The summed E-state index contributed by atoms with van der Waals surface area (Å²) < 4.78 is 32.6. The first-order valence-corrected chi connectivity index (χ1v) is 9.63. The molecule has 1 saturated heterocycles. The van der Waals surface area contributed by atoms with Crippen LogP contribution in [0.3, 0.4) is 0 Å². The Hall–Kier alpha value is -2.98. The normalized spacial score (nSPS) is 25.2. The van der Waals surface area contributed by atoms with Crippen LogP contribution in [0.25, 0.3) is 0 Å². The largest absolute Gasteiger partial charge is 0.463 e. The Balaban J connectivity index is 2.38. The summed E-state index contributed by atoms with van der Waals surface area (Å²) in [7, 11) is 0. The van der Waals surface area contributed by atoms with Crippen LogP contribution in [0.5, 0.6) is 0 Å². The zero-order valence-electron chi connectivity index (χ0n) is 17.8. The van der Waals surface area contributed by atoms with Crippen LogP contribution in [0.2, 0.25) is 0 Å². The molecule has 0 aromatic heterocycles. The van der Waals surface area contributed by atoms with Crippen LogP contribution >= 0.6 is 0 Å². The first-order chi connectivity index (χ1) is 14.7. The van der Waals surface area contributed by atoms with E-state index >= 15 is 0 Å². The fourth-order valence-electron chi connectivity index (χ4n) is 3.08. The highest BCUT2D eigenvalue weighted by molar-refractivity contribution is 5.68. The lowest BCUT2D eigenvalue weighted by Crippen LogP contribution is -2.62. The average molecular weight is 438 g/mol. The van der Waals surface area contributed by atoms with Crippen LogP contribution < -0.4 is 0 Å². The number of esters is 4. The third-order valence-electron chi connectivity index (χ3n) is 4.21. The molecule has 0 radical (unpaired) electrons. The van der Waals surface area contributed by atoms with Crippen molar-refractivity contribution in [3.8, 4) is 0 Å². The van der Waals surface area contributed by atoms with E-state index in [9.17, 15) is 19.2 Å².